The van der Waals surface area contributed by atoms with Gasteiger partial charge in [-0.15, -0.1) is 0 Å². The van der Waals surface area contributed by atoms with Gasteiger partial charge >= 0.3 is 0 Å². The highest BCUT2D eigenvalue weighted by atomic mass is 19.1. The highest BCUT2D eigenvalue weighted by Crippen LogP contribution is 2.27. The number of ether oxygens (including phenoxy) is 1. The van der Waals surface area contributed by atoms with Gasteiger partial charge in [0.25, 0.3) is 5.56 Å². The van der Waals surface area contributed by atoms with E-state index in [1.54, 1.807) is 0 Å². The van der Waals surface area contributed by atoms with E-state index in [1.807, 2.05) is 32.0 Å². The highest BCUT2D eigenvalue weighted by molar-refractivity contribution is 5.85. The predicted octanol–water partition coefficient (Wildman–Crippen LogP) is 3.31. The Labute approximate surface area is 210 Å². The Hall–Kier alpha value is -3.46. The molecule has 0 saturated carbocycles. The molecule has 2 aromatic carbocycles. The van der Waals surface area contributed by atoms with Crippen LogP contribution >= 0.6 is 0 Å². The first kappa shape index (κ1) is 25.6. The van der Waals surface area contributed by atoms with Gasteiger partial charge in [-0.3, -0.25) is 14.2 Å². The van der Waals surface area contributed by atoms with E-state index < -0.39 is 5.82 Å². The number of nitrogens with one attached hydrogen (secondary N) is 2. The van der Waals surface area contributed by atoms with Crippen LogP contribution in [0.3, 0.4) is 0 Å². The molecule has 2 N–H and O–H groups in total. The molecule has 0 radical (unpaired) electrons. The molecule has 9 heteroatoms. The number of methoxy groups -OCH3 is 1. The van der Waals surface area contributed by atoms with E-state index in [0.717, 1.165) is 38.2 Å². The fourth-order valence-electron chi connectivity index (χ4n) is 4.59. The van der Waals surface area contributed by atoms with E-state index in [-0.39, 0.29) is 35.6 Å². The van der Waals surface area contributed by atoms with Gasteiger partial charge < -0.3 is 20.3 Å². The van der Waals surface area contributed by atoms with Crippen molar-refractivity contribution in [1.82, 2.24) is 20.2 Å². The number of rotatable bonds is 7. The maximum Gasteiger partial charge on any atom is 0.262 e. The second kappa shape index (κ2) is 11.1. The van der Waals surface area contributed by atoms with E-state index in [4.69, 9.17) is 9.72 Å². The van der Waals surface area contributed by atoms with Crippen molar-refractivity contribution < 1.29 is 13.9 Å². The Morgan fingerprint density at radius 1 is 1.28 bits per heavy atom. The van der Waals surface area contributed by atoms with E-state index in [9.17, 15) is 14.0 Å². The zero-order valence-corrected chi connectivity index (χ0v) is 21.3. The summed E-state index contributed by atoms with van der Waals surface area (Å²) in [6, 6.07) is 10.3. The average molecular weight is 496 g/mol. The Morgan fingerprint density at radius 2 is 2.08 bits per heavy atom. The molecule has 1 aliphatic rings. The van der Waals surface area contributed by atoms with Gasteiger partial charge in [-0.05, 0) is 69.6 Å². The lowest BCUT2D eigenvalue weighted by molar-refractivity contribution is -0.122. The minimum absolute atomic E-state index is 0.0376. The summed E-state index contributed by atoms with van der Waals surface area (Å²) in [7, 11) is 1.38. The van der Waals surface area contributed by atoms with Crippen LogP contribution in [0.4, 0.5) is 10.1 Å². The number of carbonyl (C=O) groups is 1. The van der Waals surface area contributed by atoms with Crippen molar-refractivity contribution in [3.63, 3.8) is 0 Å². The smallest absolute Gasteiger partial charge is 0.262 e. The molecule has 2 heterocycles. The number of nitrogens with zero attached hydrogens (tertiary/aromatic N) is 3. The minimum atomic E-state index is -0.518. The SMILES string of the molecule is CCC1CN(c2ccc3nc(-c4ccc(F)c(OC)c4)n(CC(=O)NC(C)C)c(=O)c3c2)CCCN1. The third kappa shape index (κ3) is 5.51. The highest BCUT2D eigenvalue weighted by Gasteiger charge is 2.20. The molecule has 1 atom stereocenters. The van der Waals surface area contributed by atoms with Gasteiger partial charge in [0.2, 0.25) is 5.91 Å². The average Bonchev–Trinajstić information content (AvgIpc) is 3.11. The Kier molecular flexibility index (Phi) is 7.88. The lowest BCUT2D eigenvalue weighted by atomic mass is 10.1. The zero-order chi connectivity index (χ0) is 25.8. The van der Waals surface area contributed by atoms with Crippen LogP contribution in [0.25, 0.3) is 22.3 Å². The number of fused-ring (bicyclic) bond motifs is 1. The lowest BCUT2D eigenvalue weighted by Crippen LogP contribution is -2.37. The van der Waals surface area contributed by atoms with Gasteiger partial charge in [0.05, 0.1) is 18.0 Å². The molecule has 1 unspecified atom stereocenters. The summed E-state index contributed by atoms with van der Waals surface area (Å²) in [6.07, 6.45) is 2.03. The topological polar surface area (TPSA) is 88.5 Å². The minimum Gasteiger partial charge on any atom is -0.494 e. The summed E-state index contributed by atoms with van der Waals surface area (Å²) in [5, 5.41) is 6.83. The van der Waals surface area contributed by atoms with Gasteiger partial charge in [0.1, 0.15) is 12.4 Å². The molecular formula is C27H34FN5O3. The maximum atomic E-state index is 14.1. The van der Waals surface area contributed by atoms with Crippen molar-refractivity contribution in [3.05, 3.63) is 52.6 Å². The molecule has 8 nitrogen and oxygen atoms in total. The molecule has 1 saturated heterocycles. The predicted molar refractivity (Wildman–Crippen MR) is 140 cm³/mol. The van der Waals surface area contributed by atoms with Crippen LogP contribution in [0.5, 0.6) is 5.75 Å². The molecule has 36 heavy (non-hydrogen) atoms. The van der Waals surface area contributed by atoms with Crippen LogP contribution < -0.4 is 25.8 Å². The van der Waals surface area contributed by atoms with Crippen molar-refractivity contribution in [3.8, 4) is 17.1 Å². The Bertz CT molecular complexity index is 1310. The number of benzene rings is 2. The molecule has 1 fully saturated rings. The number of halogens is 1. The molecule has 1 aromatic heterocycles. The van der Waals surface area contributed by atoms with Gasteiger partial charge in [0.15, 0.2) is 11.6 Å². The first-order valence-electron chi connectivity index (χ1n) is 12.5. The summed E-state index contributed by atoms with van der Waals surface area (Å²) in [6.45, 7) is 8.39. The number of aromatic nitrogens is 2. The van der Waals surface area contributed by atoms with Crippen molar-refractivity contribution in [2.24, 2.45) is 0 Å². The fraction of sp³-hybridized carbons (Fsp3) is 0.444. The molecule has 0 aliphatic carbocycles. The standard InChI is InChI=1S/C27H34FN5O3/c1-5-19-15-32(12-6-11-29-19)20-8-10-23-21(14-20)27(35)33(16-25(34)30-17(2)3)26(31-23)18-7-9-22(28)24(13-18)36-4/h7-10,13-14,17,19,29H,5-6,11-12,15-16H2,1-4H3,(H,30,34). The quantitative estimate of drug-likeness (QED) is 0.523. The summed E-state index contributed by atoms with van der Waals surface area (Å²) in [5.74, 6) is -0.502. The number of anilines is 1. The first-order chi connectivity index (χ1) is 17.3. The van der Waals surface area contributed by atoms with Crippen LogP contribution in [-0.2, 0) is 11.3 Å². The molecule has 3 aromatic rings. The number of hydrogen-bond donors (Lipinski definition) is 2. The molecule has 1 aliphatic heterocycles. The van der Waals surface area contributed by atoms with Crippen LogP contribution in [0.1, 0.15) is 33.6 Å². The summed E-state index contributed by atoms with van der Waals surface area (Å²) < 4.78 is 20.6. The largest absolute Gasteiger partial charge is 0.494 e. The molecule has 4 rings (SSSR count). The molecule has 0 spiro atoms. The van der Waals surface area contributed by atoms with Crippen LogP contribution in [0, 0.1) is 5.82 Å². The third-order valence-corrected chi connectivity index (χ3v) is 6.43. The van der Waals surface area contributed by atoms with Gasteiger partial charge in [-0.1, -0.05) is 6.92 Å². The van der Waals surface area contributed by atoms with E-state index >= 15 is 0 Å². The molecule has 1 amide bonds. The van der Waals surface area contributed by atoms with Crippen molar-refractivity contribution in [1.29, 1.82) is 0 Å². The number of amides is 1. The van der Waals surface area contributed by atoms with Gasteiger partial charge in [-0.2, -0.15) is 0 Å². The third-order valence-electron chi connectivity index (χ3n) is 6.43. The van der Waals surface area contributed by atoms with Gasteiger partial charge in [-0.25, -0.2) is 9.37 Å². The van der Waals surface area contributed by atoms with E-state index in [2.05, 4.69) is 22.5 Å². The zero-order valence-electron chi connectivity index (χ0n) is 21.3. The van der Waals surface area contributed by atoms with Crippen LogP contribution in [0.15, 0.2) is 41.2 Å². The van der Waals surface area contributed by atoms with E-state index in [0.29, 0.717) is 22.5 Å². The van der Waals surface area contributed by atoms with E-state index in [1.165, 1.54) is 29.9 Å². The summed E-state index contributed by atoms with van der Waals surface area (Å²) >= 11 is 0. The first-order valence-corrected chi connectivity index (χ1v) is 12.5. The molecule has 192 valence electrons. The van der Waals surface area contributed by atoms with Crippen LogP contribution in [-0.4, -0.2) is 54.3 Å². The monoisotopic (exact) mass is 495 g/mol. The van der Waals surface area contributed by atoms with Crippen molar-refractivity contribution in [2.45, 2.75) is 52.2 Å². The summed E-state index contributed by atoms with van der Waals surface area (Å²) in [5.41, 5.74) is 1.64. The molecular weight excluding hydrogens is 461 g/mol. The summed E-state index contributed by atoms with van der Waals surface area (Å²) in [4.78, 5) is 33.5. The fourth-order valence-corrected chi connectivity index (χ4v) is 4.59. The Morgan fingerprint density at radius 3 is 2.81 bits per heavy atom. The maximum absolute atomic E-state index is 14.1. The number of hydrogen-bond acceptors (Lipinski definition) is 6. The number of carbonyl (C=O) groups excluding carboxylic acids is 1. The second-order valence-electron chi connectivity index (χ2n) is 9.46. The van der Waals surface area contributed by atoms with Crippen LogP contribution in [0.2, 0.25) is 0 Å². The van der Waals surface area contributed by atoms with Crippen molar-refractivity contribution >= 4 is 22.5 Å². The normalized spacial score (nSPS) is 16.3. The lowest BCUT2D eigenvalue weighted by Gasteiger charge is -2.26. The van der Waals surface area contributed by atoms with Crippen molar-refractivity contribution in [2.75, 3.05) is 31.6 Å². The van der Waals surface area contributed by atoms with Gasteiger partial charge in [0, 0.05) is 36.4 Å². The second-order valence-corrected chi connectivity index (χ2v) is 9.46. The Balaban J connectivity index is 1.84. The molecule has 0 bridgehead atoms.